The Balaban J connectivity index is 2.15. The molecule has 0 aliphatic heterocycles. The van der Waals surface area contributed by atoms with Gasteiger partial charge in [0.2, 0.25) is 0 Å². The molecule has 2 aromatic rings. The van der Waals surface area contributed by atoms with E-state index in [4.69, 9.17) is 0 Å². The molecule has 0 bridgehead atoms. The summed E-state index contributed by atoms with van der Waals surface area (Å²) >= 11 is 0. The molecular formula is C14H17N3O. The second-order valence-electron chi connectivity index (χ2n) is 4.57. The fraction of sp³-hybridized carbons (Fsp3) is 0.286. The van der Waals surface area contributed by atoms with Crippen LogP contribution in [0.5, 0.6) is 0 Å². The van der Waals surface area contributed by atoms with E-state index in [2.05, 4.69) is 29.1 Å². The average Bonchev–Trinajstić information content (AvgIpc) is 2.90. The van der Waals surface area contributed by atoms with Crippen LogP contribution in [-0.2, 0) is 0 Å². The molecule has 4 nitrogen and oxygen atoms in total. The summed E-state index contributed by atoms with van der Waals surface area (Å²) in [5.74, 6) is 0.204. The Hall–Kier alpha value is -2.10. The predicted octanol–water partition coefficient (Wildman–Crippen LogP) is 2.54. The lowest BCUT2D eigenvalue weighted by Crippen LogP contribution is -2.32. The molecule has 2 N–H and O–H groups in total. The molecule has 2 rings (SSSR count). The van der Waals surface area contributed by atoms with Crippen molar-refractivity contribution in [2.45, 2.75) is 19.9 Å². The first-order valence-corrected chi connectivity index (χ1v) is 6.02. The van der Waals surface area contributed by atoms with Crippen LogP contribution in [0.4, 0.5) is 0 Å². The van der Waals surface area contributed by atoms with Crippen molar-refractivity contribution in [2.24, 2.45) is 5.92 Å². The number of rotatable bonds is 4. The quantitative estimate of drug-likeness (QED) is 0.867. The topological polar surface area (TPSA) is 57.8 Å². The minimum absolute atomic E-state index is 0.0329. The number of carbonyl (C=O) groups excluding carboxylic acids is 1. The van der Waals surface area contributed by atoms with Gasteiger partial charge >= 0.3 is 0 Å². The molecule has 0 aliphatic carbocycles. The fourth-order valence-corrected chi connectivity index (χ4v) is 1.89. The standard InChI is InChI=1S/C14H17N3O/c1-10(2)13(11-5-3-7-15-9-11)17-14(18)12-6-4-8-16-12/h3-10,13,16H,1-2H3,(H,17,18). The second-order valence-corrected chi connectivity index (χ2v) is 4.57. The van der Waals surface area contributed by atoms with Crippen LogP contribution in [-0.4, -0.2) is 15.9 Å². The molecule has 0 saturated heterocycles. The van der Waals surface area contributed by atoms with Crippen molar-refractivity contribution in [2.75, 3.05) is 0 Å². The third kappa shape index (κ3) is 2.77. The molecule has 2 heterocycles. The summed E-state index contributed by atoms with van der Waals surface area (Å²) in [6.45, 7) is 4.15. The molecule has 18 heavy (non-hydrogen) atoms. The Morgan fingerprint density at radius 1 is 1.33 bits per heavy atom. The zero-order valence-corrected chi connectivity index (χ0v) is 10.6. The monoisotopic (exact) mass is 243 g/mol. The lowest BCUT2D eigenvalue weighted by molar-refractivity contribution is 0.0921. The van der Waals surface area contributed by atoms with Crippen molar-refractivity contribution in [3.05, 3.63) is 54.1 Å². The van der Waals surface area contributed by atoms with E-state index in [0.717, 1.165) is 5.56 Å². The average molecular weight is 243 g/mol. The highest BCUT2D eigenvalue weighted by atomic mass is 16.1. The highest BCUT2D eigenvalue weighted by Crippen LogP contribution is 2.20. The highest BCUT2D eigenvalue weighted by Gasteiger charge is 2.19. The normalized spacial score (nSPS) is 12.4. The fourth-order valence-electron chi connectivity index (χ4n) is 1.89. The Bertz CT molecular complexity index is 491. The molecule has 1 amide bonds. The van der Waals surface area contributed by atoms with Crippen molar-refractivity contribution >= 4 is 5.91 Å². The Morgan fingerprint density at radius 3 is 2.72 bits per heavy atom. The van der Waals surface area contributed by atoms with E-state index in [1.165, 1.54) is 0 Å². The van der Waals surface area contributed by atoms with Crippen LogP contribution in [0.3, 0.4) is 0 Å². The number of amides is 1. The van der Waals surface area contributed by atoms with Gasteiger partial charge in [-0.15, -0.1) is 0 Å². The van der Waals surface area contributed by atoms with Crippen molar-refractivity contribution < 1.29 is 4.79 Å². The molecule has 0 fully saturated rings. The molecule has 0 radical (unpaired) electrons. The van der Waals surface area contributed by atoms with Crippen LogP contribution in [0.1, 0.15) is 35.9 Å². The van der Waals surface area contributed by atoms with Gasteiger partial charge in [-0.05, 0) is 29.7 Å². The number of hydrogen-bond acceptors (Lipinski definition) is 2. The maximum atomic E-state index is 12.0. The van der Waals surface area contributed by atoms with Crippen LogP contribution < -0.4 is 5.32 Å². The number of aromatic amines is 1. The molecule has 2 aromatic heterocycles. The smallest absolute Gasteiger partial charge is 0.268 e. The SMILES string of the molecule is CC(C)C(NC(=O)c1ccc[nH]1)c1cccnc1. The summed E-state index contributed by atoms with van der Waals surface area (Å²) in [4.78, 5) is 19.0. The summed E-state index contributed by atoms with van der Waals surface area (Å²) in [6.07, 6.45) is 5.26. The van der Waals surface area contributed by atoms with Gasteiger partial charge < -0.3 is 10.3 Å². The summed E-state index contributed by atoms with van der Waals surface area (Å²) in [6, 6.07) is 7.40. The Morgan fingerprint density at radius 2 is 2.17 bits per heavy atom. The van der Waals surface area contributed by atoms with Gasteiger partial charge in [-0.25, -0.2) is 0 Å². The Kier molecular flexibility index (Phi) is 3.77. The van der Waals surface area contributed by atoms with Gasteiger partial charge in [0.1, 0.15) is 5.69 Å². The highest BCUT2D eigenvalue weighted by molar-refractivity contribution is 5.92. The van der Waals surface area contributed by atoms with Gasteiger partial charge in [-0.2, -0.15) is 0 Å². The van der Waals surface area contributed by atoms with Gasteiger partial charge in [0.15, 0.2) is 0 Å². The van der Waals surface area contributed by atoms with E-state index in [-0.39, 0.29) is 11.9 Å². The number of nitrogens with zero attached hydrogens (tertiary/aromatic N) is 1. The number of H-pyrrole nitrogens is 1. The van der Waals surface area contributed by atoms with Crippen molar-refractivity contribution in [3.63, 3.8) is 0 Å². The number of aromatic nitrogens is 2. The first-order valence-electron chi connectivity index (χ1n) is 6.02. The molecule has 0 spiro atoms. The number of carbonyl (C=O) groups is 1. The van der Waals surface area contributed by atoms with Gasteiger partial charge in [0.25, 0.3) is 5.91 Å². The first kappa shape index (κ1) is 12.4. The number of hydrogen-bond donors (Lipinski definition) is 2. The van der Waals surface area contributed by atoms with Crippen LogP contribution in [0.15, 0.2) is 42.9 Å². The van der Waals surface area contributed by atoms with E-state index in [1.54, 1.807) is 24.7 Å². The predicted molar refractivity (Wildman–Crippen MR) is 70.1 cm³/mol. The largest absolute Gasteiger partial charge is 0.357 e. The lowest BCUT2D eigenvalue weighted by atomic mass is 9.97. The summed E-state index contributed by atoms with van der Waals surface area (Å²) in [5.41, 5.74) is 1.59. The van der Waals surface area contributed by atoms with E-state index < -0.39 is 0 Å². The minimum Gasteiger partial charge on any atom is -0.357 e. The minimum atomic E-state index is -0.0949. The molecule has 1 atom stereocenters. The first-order chi connectivity index (χ1) is 8.68. The molecule has 1 unspecified atom stereocenters. The molecule has 0 aliphatic rings. The molecule has 0 saturated carbocycles. The molecule has 4 heteroatoms. The molecule has 0 aromatic carbocycles. The maximum Gasteiger partial charge on any atom is 0.268 e. The summed E-state index contributed by atoms with van der Waals surface area (Å²) in [7, 11) is 0. The van der Waals surface area contributed by atoms with E-state index >= 15 is 0 Å². The van der Waals surface area contributed by atoms with Crippen LogP contribution in [0, 0.1) is 5.92 Å². The van der Waals surface area contributed by atoms with Crippen molar-refractivity contribution in [1.82, 2.24) is 15.3 Å². The molecular weight excluding hydrogens is 226 g/mol. The second kappa shape index (κ2) is 5.49. The van der Waals surface area contributed by atoms with Crippen LogP contribution >= 0.6 is 0 Å². The molecule has 94 valence electrons. The maximum absolute atomic E-state index is 12.0. The van der Waals surface area contributed by atoms with Gasteiger partial charge in [-0.1, -0.05) is 19.9 Å². The zero-order chi connectivity index (χ0) is 13.0. The summed E-state index contributed by atoms with van der Waals surface area (Å²) < 4.78 is 0. The number of nitrogens with one attached hydrogen (secondary N) is 2. The van der Waals surface area contributed by atoms with Crippen molar-refractivity contribution in [1.29, 1.82) is 0 Å². The number of pyridine rings is 1. The zero-order valence-electron chi connectivity index (χ0n) is 10.6. The van der Waals surface area contributed by atoms with Crippen LogP contribution in [0.2, 0.25) is 0 Å². The van der Waals surface area contributed by atoms with E-state index in [1.807, 2.05) is 18.2 Å². The third-order valence-corrected chi connectivity index (χ3v) is 2.84. The van der Waals surface area contributed by atoms with E-state index in [9.17, 15) is 4.79 Å². The lowest BCUT2D eigenvalue weighted by Gasteiger charge is -2.22. The third-order valence-electron chi connectivity index (χ3n) is 2.84. The van der Waals surface area contributed by atoms with Crippen molar-refractivity contribution in [3.8, 4) is 0 Å². The van der Waals surface area contributed by atoms with E-state index in [0.29, 0.717) is 11.6 Å². The van der Waals surface area contributed by atoms with Gasteiger partial charge in [0.05, 0.1) is 6.04 Å². The van der Waals surface area contributed by atoms with Gasteiger partial charge in [-0.3, -0.25) is 9.78 Å². The van der Waals surface area contributed by atoms with Gasteiger partial charge in [0, 0.05) is 18.6 Å². The summed E-state index contributed by atoms with van der Waals surface area (Å²) in [5, 5.41) is 3.02. The Labute approximate surface area is 106 Å². The van der Waals surface area contributed by atoms with Crippen LogP contribution in [0.25, 0.3) is 0 Å².